The molecule has 0 atom stereocenters. The van der Waals surface area contributed by atoms with Crippen LogP contribution in [0, 0.1) is 0 Å². The van der Waals surface area contributed by atoms with Gasteiger partial charge < -0.3 is 19.6 Å². The van der Waals surface area contributed by atoms with E-state index in [1.54, 1.807) is 19.4 Å². The van der Waals surface area contributed by atoms with Gasteiger partial charge in [-0.3, -0.25) is 10.8 Å². The first-order chi connectivity index (χ1) is 8.36. The van der Waals surface area contributed by atoms with Crippen molar-refractivity contribution in [3.8, 4) is 0 Å². The van der Waals surface area contributed by atoms with E-state index in [4.69, 9.17) is 20.1 Å². The molecule has 0 spiro atoms. The summed E-state index contributed by atoms with van der Waals surface area (Å²) in [5.74, 6) is 5.29. The third-order valence-electron chi connectivity index (χ3n) is 2.04. The summed E-state index contributed by atoms with van der Waals surface area (Å²) in [5.41, 5.74) is 4.20. The van der Waals surface area contributed by atoms with Crippen LogP contribution in [0.3, 0.4) is 0 Å². The van der Waals surface area contributed by atoms with Crippen molar-refractivity contribution in [2.45, 2.75) is 6.61 Å². The van der Waals surface area contributed by atoms with Gasteiger partial charge in [-0.05, 0) is 12.1 Å². The third kappa shape index (κ3) is 6.18. The molecule has 3 N–H and O–H groups in total. The molecule has 0 radical (unpaired) electrons. The summed E-state index contributed by atoms with van der Waals surface area (Å²) < 4.78 is 15.5. The van der Waals surface area contributed by atoms with Crippen LogP contribution in [0.15, 0.2) is 18.3 Å². The number of anilines is 1. The Morgan fingerprint density at radius 2 is 2.00 bits per heavy atom. The number of nitrogens with one attached hydrogen (secondary N) is 1. The van der Waals surface area contributed by atoms with Gasteiger partial charge in [-0.1, -0.05) is 0 Å². The van der Waals surface area contributed by atoms with E-state index in [1.807, 2.05) is 6.07 Å². The maximum atomic E-state index is 5.40. The van der Waals surface area contributed by atoms with Crippen molar-refractivity contribution in [2.24, 2.45) is 5.84 Å². The summed E-state index contributed by atoms with van der Waals surface area (Å²) in [6.07, 6.45) is 1.68. The predicted octanol–water partition coefficient (Wildman–Crippen LogP) is 0.547. The van der Waals surface area contributed by atoms with E-state index >= 15 is 0 Å². The highest BCUT2D eigenvalue weighted by Crippen LogP contribution is 2.06. The molecule has 0 aliphatic rings. The highest BCUT2D eigenvalue weighted by Gasteiger charge is 1.96. The van der Waals surface area contributed by atoms with Crippen LogP contribution in [-0.4, -0.2) is 38.5 Å². The normalized spacial score (nSPS) is 10.5. The van der Waals surface area contributed by atoms with Crippen molar-refractivity contribution in [1.82, 2.24) is 4.98 Å². The van der Waals surface area contributed by atoms with Gasteiger partial charge in [0.1, 0.15) is 0 Å². The van der Waals surface area contributed by atoms with Gasteiger partial charge in [0.2, 0.25) is 0 Å². The lowest BCUT2D eigenvalue weighted by molar-refractivity contribution is 0.0192. The first kappa shape index (κ1) is 13.9. The van der Waals surface area contributed by atoms with E-state index < -0.39 is 0 Å². The van der Waals surface area contributed by atoms with Crippen molar-refractivity contribution < 1.29 is 14.2 Å². The van der Waals surface area contributed by atoms with Crippen molar-refractivity contribution in [3.63, 3.8) is 0 Å². The number of hydrazine groups is 1. The SMILES string of the molecule is COCCOCCOCc1cc(NN)ccn1. The van der Waals surface area contributed by atoms with Gasteiger partial charge in [0.15, 0.2) is 0 Å². The minimum Gasteiger partial charge on any atom is -0.382 e. The summed E-state index contributed by atoms with van der Waals surface area (Å²) >= 11 is 0. The average Bonchev–Trinajstić information content (AvgIpc) is 2.38. The first-order valence-corrected chi connectivity index (χ1v) is 5.43. The highest BCUT2D eigenvalue weighted by molar-refractivity contribution is 5.41. The minimum absolute atomic E-state index is 0.448. The van der Waals surface area contributed by atoms with Crippen LogP contribution in [0.2, 0.25) is 0 Å². The molecule has 0 aliphatic carbocycles. The van der Waals surface area contributed by atoms with Gasteiger partial charge >= 0.3 is 0 Å². The third-order valence-corrected chi connectivity index (χ3v) is 2.04. The Balaban J connectivity index is 2.09. The Labute approximate surface area is 101 Å². The molecule has 0 aromatic carbocycles. The lowest BCUT2D eigenvalue weighted by Crippen LogP contribution is -2.09. The number of hydrogen-bond acceptors (Lipinski definition) is 6. The van der Waals surface area contributed by atoms with E-state index in [2.05, 4.69) is 10.4 Å². The fraction of sp³-hybridized carbons (Fsp3) is 0.545. The van der Waals surface area contributed by atoms with Gasteiger partial charge in [0.25, 0.3) is 0 Å². The van der Waals surface area contributed by atoms with Crippen molar-refractivity contribution in [2.75, 3.05) is 39.0 Å². The Morgan fingerprint density at radius 1 is 1.24 bits per heavy atom. The first-order valence-electron chi connectivity index (χ1n) is 5.43. The lowest BCUT2D eigenvalue weighted by Gasteiger charge is -2.06. The van der Waals surface area contributed by atoms with Crippen LogP contribution in [0.25, 0.3) is 0 Å². The second-order valence-corrected chi connectivity index (χ2v) is 3.34. The van der Waals surface area contributed by atoms with Crippen LogP contribution < -0.4 is 11.3 Å². The van der Waals surface area contributed by atoms with Gasteiger partial charge in [-0.2, -0.15) is 0 Å². The molecule has 0 fully saturated rings. The summed E-state index contributed by atoms with van der Waals surface area (Å²) in [7, 11) is 1.64. The monoisotopic (exact) mass is 241 g/mol. The predicted molar refractivity (Wildman–Crippen MR) is 64.4 cm³/mol. The molecule has 96 valence electrons. The second kappa shape index (κ2) is 8.89. The van der Waals surface area contributed by atoms with Gasteiger partial charge in [-0.15, -0.1) is 0 Å². The average molecular weight is 241 g/mol. The molecule has 0 bridgehead atoms. The molecule has 0 saturated heterocycles. The van der Waals surface area contributed by atoms with E-state index in [1.165, 1.54) is 0 Å². The van der Waals surface area contributed by atoms with Crippen molar-refractivity contribution >= 4 is 5.69 Å². The zero-order valence-electron chi connectivity index (χ0n) is 10.0. The number of rotatable bonds is 9. The number of hydrogen-bond donors (Lipinski definition) is 2. The van der Waals surface area contributed by atoms with E-state index in [0.29, 0.717) is 33.0 Å². The van der Waals surface area contributed by atoms with E-state index in [9.17, 15) is 0 Å². The molecule has 6 nitrogen and oxygen atoms in total. The van der Waals surface area contributed by atoms with Gasteiger partial charge in [0, 0.05) is 13.3 Å². The van der Waals surface area contributed by atoms with Gasteiger partial charge in [-0.25, -0.2) is 0 Å². The topological polar surface area (TPSA) is 78.6 Å². The van der Waals surface area contributed by atoms with Crippen LogP contribution in [-0.2, 0) is 20.8 Å². The standard InChI is InChI=1S/C11H19N3O3/c1-15-4-5-16-6-7-17-9-11-8-10(14-12)2-3-13-11/h2-3,8H,4-7,9,12H2,1H3,(H,13,14). The summed E-state index contributed by atoms with van der Waals surface area (Å²) in [4.78, 5) is 4.15. The number of pyridine rings is 1. The molecular formula is C11H19N3O3. The van der Waals surface area contributed by atoms with Crippen molar-refractivity contribution in [3.05, 3.63) is 24.0 Å². The zero-order valence-corrected chi connectivity index (χ0v) is 10.0. The number of nitrogen functional groups attached to an aromatic ring is 1. The van der Waals surface area contributed by atoms with Crippen LogP contribution in [0.5, 0.6) is 0 Å². The molecule has 0 saturated carbocycles. The Hall–Kier alpha value is -1.21. The molecule has 1 rings (SSSR count). The van der Waals surface area contributed by atoms with E-state index in [-0.39, 0.29) is 0 Å². The molecule has 0 amide bonds. The lowest BCUT2D eigenvalue weighted by atomic mass is 10.3. The summed E-state index contributed by atoms with van der Waals surface area (Å²) in [5, 5.41) is 0. The smallest absolute Gasteiger partial charge is 0.0889 e. The maximum Gasteiger partial charge on any atom is 0.0889 e. The largest absolute Gasteiger partial charge is 0.382 e. The fourth-order valence-electron chi connectivity index (χ4n) is 1.19. The van der Waals surface area contributed by atoms with E-state index in [0.717, 1.165) is 11.4 Å². The molecule has 0 unspecified atom stereocenters. The number of nitrogens with two attached hydrogens (primary N) is 1. The molecule has 0 aliphatic heterocycles. The highest BCUT2D eigenvalue weighted by atomic mass is 16.5. The fourth-order valence-corrected chi connectivity index (χ4v) is 1.19. The molecule has 1 aromatic rings. The minimum atomic E-state index is 0.448. The Morgan fingerprint density at radius 3 is 2.76 bits per heavy atom. The summed E-state index contributed by atoms with van der Waals surface area (Å²) in [6.45, 7) is 2.73. The van der Waals surface area contributed by atoms with Gasteiger partial charge in [0.05, 0.1) is 44.4 Å². The molecule has 1 aromatic heterocycles. The van der Waals surface area contributed by atoms with Crippen LogP contribution in [0.1, 0.15) is 5.69 Å². The maximum absolute atomic E-state index is 5.40. The molecular weight excluding hydrogens is 222 g/mol. The zero-order chi connectivity index (χ0) is 12.3. The molecule has 17 heavy (non-hydrogen) atoms. The van der Waals surface area contributed by atoms with Crippen LogP contribution in [0.4, 0.5) is 5.69 Å². The van der Waals surface area contributed by atoms with Crippen LogP contribution >= 0.6 is 0 Å². The number of nitrogens with zero attached hydrogens (tertiary/aromatic N) is 1. The number of ether oxygens (including phenoxy) is 3. The number of methoxy groups -OCH3 is 1. The Bertz CT molecular complexity index is 310. The molecule has 1 heterocycles. The number of aromatic nitrogens is 1. The Kier molecular flexibility index (Phi) is 7.24. The summed E-state index contributed by atoms with van der Waals surface area (Å²) in [6, 6.07) is 3.63. The quantitative estimate of drug-likeness (QED) is 0.373. The molecule has 6 heteroatoms. The van der Waals surface area contributed by atoms with Crippen molar-refractivity contribution in [1.29, 1.82) is 0 Å². The second-order valence-electron chi connectivity index (χ2n) is 3.34.